The molecule has 0 radical (unpaired) electrons. The van der Waals surface area contributed by atoms with E-state index < -0.39 is 0 Å². The zero-order chi connectivity index (χ0) is 17.9. The van der Waals surface area contributed by atoms with Crippen LogP contribution < -0.4 is 11.1 Å². The van der Waals surface area contributed by atoms with E-state index in [-0.39, 0.29) is 23.3 Å². The summed E-state index contributed by atoms with van der Waals surface area (Å²) in [5.41, 5.74) is 6.35. The number of nitrogens with one attached hydrogen (secondary N) is 1. The van der Waals surface area contributed by atoms with Crippen molar-refractivity contribution < 1.29 is 9.59 Å². The van der Waals surface area contributed by atoms with Gasteiger partial charge in [0.2, 0.25) is 11.9 Å². The molecular weight excluding hydrogens is 308 g/mol. The van der Waals surface area contributed by atoms with Crippen molar-refractivity contribution in [2.24, 2.45) is 0 Å². The molecule has 132 valence electrons. The highest BCUT2D eigenvalue weighted by atomic mass is 16.2. The van der Waals surface area contributed by atoms with Crippen LogP contribution >= 0.6 is 0 Å². The quantitative estimate of drug-likeness (QED) is 0.809. The molecule has 0 aliphatic carbocycles. The lowest BCUT2D eigenvalue weighted by Gasteiger charge is -2.35. The number of hydrogen-bond acceptors (Lipinski definition) is 6. The Balaban J connectivity index is 1.88. The third-order valence-corrected chi connectivity index (χ3v) is 3.77. The van der Waals surface area contributed by atoms with E-state index in [1.54, 1.807) is 11.8 Å². The van der Waals surface area contributed by atoms with Crippen molar-refractivity contribution in [2.45, 2.75) is 33.2 Å². The van der Waals surface area contributed by atoms with Gasteiger partial charge in [-0.05, 0) is 27.7 Å². The van der Waals surface area contributed by atoms with E-state index in [1.807, 2.05) is 20.8 Å². The molecule has 0 spiro atoms. The van der Waals surface area contributed by atoms with Crippen LogP contribution in [0.5, 0.6) is 0 Å². The summed E-state index contributed by atoms with van der Waals surface area (Å²) in [6.07, 6.45) is 1.48. The van der Waals surface area contributed by atoms with E-state index in [9.17, 15) is 9.59 Å². The second kappa shape index (κ2) is 7.12. The van der Waals surface area contributed by atoms with Crippen molar-refractivity contribution in [1.82, 2.24) is 25.1 Å². The number of rotatable bonds is 3. The van der Waals surface area contributed by atoms with Gasteiger partial charge in [0.05, 0.1) is 17.8 Å². The molecule has 8 nitrogen and oxygen atoms in total. The highest BCUT2D eigenvalue weighted by Gasteiger charge is 2.25. The van der Waals surface area contributed by atoms with Gasteiger partial charge in [-0.25, -0.2) is 9.97 Å². The molecule has 1 aromatic heterocycles. The molecule has 24 heavy (non-hydrogen) atoms. The second-order valence-corrected chi connectivity index (χ2v) is 7.09. The summed E-state index contributed by atoms with van der Waals surface area (Å²) in [5, 5.41) is 2.95. The minimum absolute atomic E-state index is 0.00468. The Morgan fingerprint density at radius 3 is 2.42 bits per heavy atom. The molecule has 1 saturated heterocycles. The Morgan fingerprint density at radius 2 is 1.88 bits per heavy atom. The van der Waals surface area contributed by atoms with E-state index in [0.29, 0.717) is 44.0 Å². The standard InChI is InChI=1S/C16H26N6O2/c1-11-12(9-18-15(17)19-11)14(24)22-7-5-21(6-8-22)10-13(23)20-16(2,3)4/h9H,5-8,10H2,1-4H3,(H,20,23)(H2,17,18,19). The maximum absolute atomic E-state index is 12.6. The van der Waals surface area contributed by atoms with Gasteiger partial charge in [0.15, 0.2) is 0 Å². The Labute approximate surface area is 142 Å². The van der Waals surface area contributed by atoms with Gasteiger partial charge in [-0.15, -0.1) is 0 Å². The topological polar surface area (TPSA) is 104 Å². The number of aryl methyl sites for hydroxylation is 1. The van der Waals surface area contributed by atoms with E-state index in [0.717, 1.165) is 0 Å². The molecule has 3 N–H and O–H groups in total. The number of hydrogen-bond donors (Lipinski definition) is 2. The summed E-state index contributed by atoms with van der Waals surface area (Å²) in [7, 11) is 0. The van der Waals surface area contributed by atoms with Gasteiger partial charge in [-0.1, -0.05) is 0 Å². The number of carbonyl (C=O) groups excluding carboxylic acids is 2. The monoisotopic (exact) mass is 334 g/mol. The summed E-state index contributed by atoms with van der Waals surface area (Å²) in [5.74, 6) is 0.0788. The molecule has 8 heteroatoms. The molecule has 2 amide bonds. The Morgan fingerprint density at radius 1 is 1.25 bits per heavy atom. The summed E-state index contributed by atoms with van der Waals surface area (Å²) in [6.45, 7) is 10.4. The number of piperazine rings is 1. The fraction of sp³-hybridized carbons (Fsp3) is 0.625. The lowest BCUT2D eigenvalue weighted by atomic mass is 10.1. The van der Waals surface area contributed by atoms with E-state index in [1.165, 1.54) is 6.20 Å². The second-order valence-electron chi connectivity index (χ2n) is 7.09. The number of nitrogen functional groups attached to an aromatic ring is 1. The molecule has 1 aromatic rings. The zero-order valence-electron chi connectivity index (χ0n) is 14.8. The number of amides is 2. The molecule has 0 atom stereocenters. The first-order valence-electron chi connectivity index (χ1n) is 8.07. The Kier molecular flexibility index (Phi) is 5.38. The van der Waals surface area contributed by atoms with Crippen molar-refractivity contribution in [3.05, 3.63) is 17.5 Å². The van der Waals surface area contributed by atoms with Crippen LogP contribution in [0, 0.1) is 6.92 Å². The lowest BCUT2D eigenvalue weighted by Crippen LogP contribution is -2.53. The van der Waals surface area contributed by atoms with Crippen LogP contribution in [-0.4, -0.2) is 69.8 Å². The number of carbonyl (C=O) groups is 2. The highest BCUT2D eigenvalue weighted by molar-refractivity contribution is 5.95. The van der Waals surface area contributed by atoms with Crippen LogP contribution in [-0.2, 0) is 4.79 Å². The zero-order valence-corrected chi connectivity index (χ0v) is 14.8. The third kappa shape index (κ3) is 4.89. The van der Waals surface area contributed by atoms with Crippen molar-refractivity contribution in [1.29, 1.82) is 0 Å². The first kappa shape index (κ1) is 18.1. The Hall–Kier alpha value is -2.22. The van der Waals surface area contributed by atoms with E-state index >= 15 is 0 Å². The van der Waals surface area contributed by atoms with Gasteiger partial charge in [-0.2, -0.15) is 0 Å². The first-order valence-corrected chi connectivity index (χ1v) is 8.07. The average Bonchev–Trinajstić information content (AvgIpc) is 2.45. The van der Waals surface area contributed by atoms with Crippen molar-refractivity contribution in [2.75, 3.05) is 38.5 Å². The van der Waals surface area contributed by atoms with Crippen LogP contribution in [0.3, 0.4) is 0 Å². The predicted molar refractivity (Wildman–Crippen MR) is 91.4 cm³/mol. The van der Waals surface area contributed by atoms with E-state index in [4.69, 9.17) is 5.73 Å². The molecule has 0 aromatic carbocycles. The highest BCUT2D eigenvalue weighted by Crippen LogP contribution is 2.11. The minimum atomic E-state index is -0.235. The molecule has 1 aliphatic heterocycles. The van der Waals surface area contributed by atoms with Crippen molar-refractivity contribution in [3.63, 3.8) is 0 Å². The molecule has 2 heterocycles. The SMILES string of the molecule is Cc1nc(N)ncc1C(=O)N1CCN(CC(=O)NC(C)(C)C)CC1. The molecule has 0 bridgehead atoms. The third-order valence-electron chi connectivity index (χ3n) is 3.77. The van der Waals surface area contributed by atoms with Gasteiger partial charge in [0.1, 0.15) is 0 Å². The van der Waals surface area contributed by atoms with Crippen LogP contribution in [0.15, 0.2) is 6.20 Å². The van der Waals surface area contributed by atoms with Crippen molar-refractivity contribution in [3.8, 4) is 0 Å². The van der Waals surface area contributed by atoms with Gasteiger partial charge in [0, 0.05) is 37.9 Å². The smallest absolute Gasteiger partial charge is 0.257 e. The van der Waals surface area contributed by atoms with Gasteiger partial charge < -0.3 is 16.0 Å². The summed E-state index contributed by atoms with van der Waals surface area (Å²) in [6, 6.07) is 0. The van der Waals surface area contributed by atoms with Gasteiger partial charge in [0.25, 0.3) is 5.91 Å². The first-order chi connectivity index (χ1) is 11.2. The van der Waals surface area contributed by atoms with Crippen molar-refractivity contribution >= 4 is 17.8 Å². The lowest BCUT2D eigenvalue weighted by molar-refractivity contribution is -0.124. The van der Waals surface area contributed by atoms with E-state index in [2.05, 4.69) is 20.2 Å². The number of nitrogens with zero attached hydrogens (tertiary/aromatic N) is 4. The van der Waals surface area contributed by atoms with Crippen LogP contribution in [0.4, 0.5) is 5.95 Å². The fourth-order valence-electron chi connectivity index (χ4n) is 2.64. The molecular formula is C16H26N6O2. The minimum Gasteiger partial charge on any atom is -0.368 e. The number of anilines is 1. The maximum Gasteiger partial charge on any atom is 0.257 e. The number of aromatic nitrogens is 2. The molecule has 0 saturated carbocycles. The summed E-state index contributed by atoms with van der Waals surface area (Å²) >= 11 is 0. The maximum atomic E-state index is 12.6. The average molecular weight is 334 g/mol. The number of nitrogens with two attached hydrogens (primary N) is 1. The summed E-state index contributed by atoms with van der Waals surface area (Å²) < 4.78 is 0. The van der Waals surface area contributed by atoms with Gasteiger partial charge in [-0.3, -0.25) is 14.5 Å². The molecule has 1 fully saturated rings. The van der Waals surface area contributed by atoms with Gasteiger partial charge >= 0.3 is 0 Å². The largest absolute Gasteiger partial charge is 0.368 e. The molecule has 2 rings (SSSR count). The van der Waals surface area contributed by atoms with Crippen LogP contribution in [0.2, 0.25) is 0 Å². The normalized spacial score (nSPS) is 16.1. The predicted octanol–water partition coefficient (Wildman–Crippen LogP) is 0.0397. The summed E-state index contributed by atoms with van der Waals surface area (Å²) in [4.78, 5) is 36.3. The fourth-order valence-corrected chi connectivity index (χ4v) is 2.64. The van der Waals surface area contributed by atoms with Crippen LogP contribution in [0.1, 0.15) is 36.8 Å². The van der Waals surface area contributed by atoms with Crippen LogP contribution in [0.25, 0.3) is 0 Å². The molecule has 0 unspecified atom stereocenters. The molecule has 1 aliphatic rings. The Bertz CT molecular complexity index is 617.